The average Bonchev–Trinajstić information content (AvgIpc) is 2.44. The lowest BCUT2D eigenvalue weighted by molar-refractivity contribution is 0.386. The van der Waals surface area contributed by atoms with Crippen LogP contribution in [0.5, 0.6) is 23.0 Å². The lowest BCUT2D eigenvalue weighted by atomic mass is 10.2. The molecule has 106 valence electrons. The molecule has 0 aliphatic rings. The molecule has 0 heterocycles. The SMILES string of the molecule is COc1cc(OC)cc(Oc2cc(Cl)c(F)cc2N)c1. The van der Waals surface area contributed by atoms with Crippen LogP contribution in [0.4, 0.5) is 10.1 Å². The van der Waals surface area contributed by atoms with Crippen molar-refractivity contribution < 1.29 is 18.6 Å². The van der Waals surface area contributed by atoms with Gasteiger partial charge in [0.2, 0.25) is 0 Å². The molecule has 4 nitrogen and oxygen atoms in total. The number of nitrogen functional groups attached to an aromatic ring is 1. The molecule has 0 amide bonds. The predicted molar refractivity (Wildman–Crippen MR) is 75.4 cm³/mol. The first-order valence-corrected chi connectivity index (χ1v) is 6.06. The summed E-state index contributed by atoms with van der Waals surface area (Å²) in [4.78, 5) is 0. The molecule has 0 atom stereocenters. The Morgan fingerprint density at radius 1 is 0.950 bits per heavy atom. The fraction of sp³-hybridized carbons (Fsp3) is 0.143. The van der Waals surface area contributed by atoms with E-state index in [2.05, 4.69) is 0 Å². The molecular formula is C14H13ClFNO3. The molecule has 6 heteroatoms. The van der Waals surface area contributed by atoms with Gasteiger partial charge in [-0.3, -0.25) is 0 Å². The van der Waals surface area contributed by atoms with Crippen LogP contribution in [0.2, 0.25) is 5.02 Å². The van der Waals surface area contributed by atoms with E-state index in [9.17, 15) is 4.39 Å². The van der Waals surface area contributed by atoms with E-state index in [-0.39, 0.29) is 16.5 Å². The number of hydrogen-bond donors (Lipinski definition) is 1. The summed E-state index contributed by atoms with van der Waals surface area (Å²) in [6.45, 7) is 0. The summed E-state index contributed by atoms with van der Waals surface area (Å²) in [5.74, 6) is 1.22. The van der Waals surface area contributed by atoms with Crippen molar-refractivity contribution in [3.05, 3.63) is 41.2 Å². The summed E-state index contributed by atoms with van der Waals surface area (Å²) in [5.41, 5.74) is 5.84. The van der Waals surface area contributed by atoms with Gasteiger partial charge >= 0.3 is 0 Å². The van der Waals surface area contributed by atoms with Gasteiger partial charge in [0, 0.05) is 30.3 Å². The molecule has 2 rings (SSSR count). The average molecular weight is 298 g/mol. The van der Waals surface area contributed by atoms with Gasteiger partial charge in [0.25, 0.3) is 0 Å². The van der Waals surface area contributed by atoms with E-state index >= 15 is 0 Å². The first kappa shape index (κ1) is 14.3. The first-order chi connectivity index (χ1) is 9.53. The van der Waals surface area contributed by atoms with Crippen molar-refractivity contribution in [2.75, 3.05) is 20.0 Å². The molecule has 0 unspecified atom stereocenters. The quantitative estimate of drug-likeness (QED) is 0.870. The summed E-state index contributed by atoms with van der Waals surface area (Å²) < 4.78 is 29.1. The topological polar surface area (TPSA) is 53.7 Å². The molecule has 2 aromatic carbocycles. The molecule has 0 saturated heterocycles. The van der Waals surface area contributed by atoms with Crippen molar-refractivity contribution in [3.8, 4) is 23.0 Å². The normalized spacial score (nSPS) is 10.2. The standard InChI is InChI=1S/C14H13ClFNO3/c1-18-8-3-9(19-2)5-10(4-8)20-14-6-11(15)12(16)7-13(14)17/h3-7H,17H2,1-2H3. The second-order valence-electron chi connectivity index (χ2n) is 3.95. The molecule has 0 aliphatic heterocycles. The fourth-order valence-corrected chi connectivity index (χ4v) is 1.75. The van der Waals surface area contributed by atoms with Crippen molar-refractivity contribution in [1.82, 2.24) is 0 Å². The summed E-state index contributed by atoms with van der Waals surface area (Å²) in [6, 6.07) is 7.43. The molecule has 0 spiro atoms. The highest BCUT2D eigenvalue weighted by molar-refractivity contribution is 6.31. The zero-order valence-corrected chi connectivity index (χ0v) is 11.7. The zero-order valence-electron chi connectivity index (χ0n) is 10.9. The molecule has 0 aromatic heterocycles. The van der Waals surface area contributed by atoms with E-state index in [0.29, 0.717) is 17.2 Å². The Hall–Kier alpha value is -2.14. The molecule has 20 heavy (non-hydrogen) atoms. The Kier molecular flexibility index (Phi) is 4.20. The zero-order chi connectivity index (χ0) is 14.7. The van der Waals surface area contributed by atoms with Gasteiger partial charge in [0.15, 0.2) is 5.75 Å². The molecule has 0 saturated carbocycles. The van der Waals surface area contributed by atoms with Gasteiger partial charge in [0.1, 0.15) is 23.1 Å². The van der Waals surface area contributed by atoms with Crippen molar-refractivity contribution in [1.29, 1.82) is 0 Å². The second-order valence-corrected chi connectivity index (χ2v) is 4.36. The Balaban J connectivity index is 2.36. The Labute approximate surface area is 120 Å². The lowest BCUT2D eigenvalue weighted by Gasteiger charge is -2.12. The molecule has 2 aromatic rings. The molecule has 0 bridgehead atoms. The van der Waals surface area contributed by atoms with Crippen LogP contribution in [0.25, 0.3) is 0 Å². The maximum absolute atomic E-state index is 13.2. The lowest BCUT2D eigenvalue weighted by Crippen LogP contribution is -1.95. The fourth-order valence-electron chi connectivity index (χ4n) is 1.60. The molecule has 0 fully saturated rings. The van der Waals surface area contributed by atoms with Gasteiger partial charge < -0.3 is 19.9 Å². The molecule has 0 aliphatic carbocycles. The van der Waals surface area contributed by atoms with E-state index in [4.69, 9.17) is 31.5 Å². The smallest absolute Gasteiger partial charge is 0.152 e. The van der Waals surface area contributed by atoms with Crippen molar-refractivity contribution >= 4 is 17.3 Å². The summed E-state index contributed by atoms with van der Waals surface area (Å²) in [5, 5.41) is -0.0657. The van der Waals surface area contributed by atoms with Gasteiger partial charge in [-0.15, -0.1) is 0 Å². The number of anilines is 1. The van der Waals surface area contributed by atoms with Gasteiger partial charge in [-0.2, -0.15) is 0 Å². The number of rotatable bonds is 4. The third-order valence-corrected chi connectivity index (χ3v) is 2.90. The van der Waals surface area contributed by atoms with Crippen LogP contribution in [0.15, 0.2) is 30.3 Å². The van der Waals surface area contributed by atoms with Crippen molar-refractivity contribution in [2.45, 2.75) is 0 Å². The number of methoxy groups -OCH3 is 2. The highest BCUT2D eigenvalue weighted by Gasteiger charge is 2.10. The minimum absolute atomic E-state index is 0.0657. The van der Waals surface area contributed by atoms with Crippen LogP contribution in [-0.4, -0.2) is 14.2 Å². The van der Waals surface area contributed by atoms with E-state index in [1.165, 1.54) is 20.3 Å². The Morgan fingerprint density at radius 3 is 2.05 bits per heavy atom. The summed E-state index contributed by atoms with van der Waals surface area (Å²) >= 11 is 5.71. The molecule has 2 N–H and O–H groups in total. The van der Waals surface area contributed by atoms with Gasteiger partial charge in [0.05, 0.1) is 24.9 Å². The summed E-state index contributed by atoms with van der Waals surface area (Å²) in [7, 11) is 3.06. The first-order valence-electron chi connectivity index (χ1n) is 5.69. The van der Waals surface area contributed by atoms with E-state index < -0.39 is 5.82 Å². The number of ether oxygens (including phenoxy) is 3. The van der Waals surface area contributed by atoms with Crippen LogP contribution < -0.4 is 19.9 Å². The molecule has 0 radical (unpaired) electrons. The molecular weight excluding hydrogens is 285 g/mol. The van der Waals surface area contributed by atoms with Gasteiger partial charge in [-0.25, -0.2) is 4.39 Å². The minimum Gasteiger partial charge on any atom is -0.496 e. The number of nitrogens with two attached hydrogens (primary N) is 1. The third kappa shape index (κ3) is 3.05. The van der Waals surface area contributed by atoms with Crippen molar-refractivity contribution in [3.63, 3.8) is 0 Å². The number of halogens is 2. The highest BCUT2D eigenvalue weighted by atomic mass is 35.5. The van der Waals surface area contributed by atoms with Crippen LogP contribution >= 0.6 is 11.6 Å². The third-order valence-electron chi connectivity index (χ3n) is 2.61. The monoisotopic (exact) mass is 297 g/mol. The van der Waals surface area contributed by atoms with Crippen LogP contribution in [0, 0.1) is 5.82 Å². The van der Waals surface area contributed by atoms with Gasteiger partial charge in [-0.05, 0) is 0 Å². The summed E-state index contributed by atoms with van der Waals surface area (Å²) in [6.07, 6.45) is 0. The predicted octanol–water partition coefficient (Wildman–Crippen LogP) is 3.87. The maximum atomic E-state index is 13.2. The maximum Gasteiger partial charge on any atom is 0.152 e. The minimum atomic E-state index is -0.597. The number of benzene rings is 2. The van der Waals surface area contributed by atoms with E-state index in [1.807, 2.05) is 0 Å². The van der Waals surface area contributed by atoms with Crippen molar-refractivity contribution in [2.24, 2.45) is 0 Å². The Morgan fingerprint density at radius 2 is 1.50 bits per heavy atom. The van der Waals surface area contributed by atoms with E-state index in [0.717, 1.165) is 6.07 Å². The number of hydrogen-bond acceptors (Lipinski definition) is 4. The largest absolute Gasteiger partial charge is 0.496 e. The van der Waals surface area contributed by atoms with Gasteiger partial charge in [-0.1, -0.05) is 11.6 Å². The Bertz CT molecular complexity index is 612. The van der Waals surface area contributed by atoms with Crippen LogP contribution in [0.1, 0.15) is 0 Å². The highest BCUT2D eigenvalue weighted by Crippen LogP contribution is 2.35. The van der Waals surface area contributed by atoms with E-state index in [1.54, 1.807) is 18.2 Å². The van der Waals surface area contributed by atoms with Crippen LogP contribution in [-0.2, 0) is 0 Å². The second kappa shape index (κ2) is 5.88. The van der Waals surface area contributed by atoms with Crippen LogP contribution in [0.3, 0.4) is 0 Å².